The van der Waals surface area contributed by atoms with Gasteiger partial charge in [-0.2, -0.15) is 0 Å². The van der Waals surface area contributed by atoms with Crippen LogP contribution in [0.1, 0.15) is 19.3 Å². The van der Waals surface area contributed by atoms with E-state index in [1.807, 2.05) is 11.8 Å². The molecule has 0 spiro atoms. The lowest BCUT2D eigenvalue weighted by molar-refractivity contribution is 0.466. The van der Waals surface area contributed by atoms with Gasteiger partial charge < -0.3 is 4.90 Å². The van der Waals surface area contributed by atoms with Crippen molar-refractivity contribution in [2.75, 3.05) is 18.8 Å². The molecule has 0 radical (unpaired) electrons. The molecule has 1 nitrogen and oxygen atoms in total. The molecule has 1 aromatic rings. The minimum Gasteiger partial charge on any atom is -0.378 e. The van der Waals surface area contributed by atoms with Crippen LogP contribution in [0.2, 0.25) is 0 Å². The lowest BCUT2D eigenvalue weighted by Gasteiger charge is -2.09. The third kappa shape index (κ3) is 3.93. The summed E-state index contributed by atoms with van der Waals surface area (Å²) in [5, 5.41) is 0. The second-order valence-electron chi connectivity index (χ2n) is 4.08. The van der Waals surface area contributed by atoms with Crippen molar-refractivity contribution in [2.45, 2.75) is 24.2 Å². The average molecular weight is 233 g/mol. The van der Waals surface area contributed by atoms with Crippen molar-refractivity contribution in [3.05, 3.63) is 42.6 Å². The maximum absolute atomic E-state index is 2.42. The molecule has 1 heterocycles. The van der Waals surface area contributed by atoms with Crippen molar-refractivity contribution < 1.29 is 0 Å². The first-order valence-electron chi connectivity index (χ1n) is 6.04. The minimum absolute atomic E-state index is 1.16. The summed E-state index contributed by atoms with van der Waals surface area (Å²) in [6.07, 6.45) is 8.47. The summed E-state index contributed by atoms with van der Waals surface area (Å²) >= 11 is 1.93. The van der Waals surface area contributed by atoms with Crippen LogP contribution in [-0.4, -0.2) is 23.7 Å². The topological polar surface area (TPSA) is 3.24 Å². The van der Waals surface area contributed by atoms with Crippen LogP contribution in [0, 0.1) is 0 Å². The number of hydrogen-bond donors (Lipinski definition) is 0. The molecule has 1 saturated heterocycles. The molecule has 1 aliphatic rings. The summed E-state index contributed by atoms with van der Waals surface area (Å²) in [5.74, 6) is 1.17. The Kier molecular flexibility index (Phi) is 4.81. The normalized spacial score (nSPS) is 16.1. The maximum atomic E-state index is 2.42. The molecule has 0 bridgehead atoms. The first-order chi connectivity index (χ1) is 7.95. The number of likely N-dealkylation sites (tertiary alicyclic amines) is 1. The first kappa shape index (κ1) is 11.6. The van der Waals surface area contributed by atoms with Gasteiger partial charge in [0.15, 0.2) is 0 Å². The Balaban J connectivity index is 1.61. The molecule has 16 heavy (non-hydrogen) atoms. The Labute approximate surface area is 103 Å². The van der Waals surface area contributed by atoms with Crippen LogP contribution < -0.4 is 0 Å². The molecule has 0 unspecified atom stereocenters. The molecule has 0 aliphatic carbocycles. The fourth-order valence-corrected chi connectivity index (χ4v) is 2.72. The van der Waals surface area contributed by atoms with E-state index in [1.165, 1.54) is 36.6 Å². The molecule has 86 valence electrons. The summed E-state index contributed by atoms with van der Waals surface area (Å²) in [5.41, 5.74) is 0. The summed E-state index contributed by atoms with van der Waals surface area (Å²) in [7, 11) is 0. The molecule has 0 saturated carbocycles. The van der Waals surface area contributed by atoms with Gasteiger partial charge in [-0.15, -0.1) is 11.8 Å². The molecular formula is C14H19NS. The standard InChI is InChI=1S/C14H19NS/c1-2-8-14(9-3-1)16-13-7-6-12-15-10-4-5-11-15/h1-3,6,8-9,12H,4-5,7,10-11,13H2. The van der Waals surface area contributed by atoms with Gasteiger partial charge in [0.05, 0.1) is 0 Å². The predicted molar refractivity (Wildman–Crippen MR) is 71.7 cm³/mol. The quantitative estimate of drug-likeness (QED) is 0.562. The second-order valence-corrected chi connectivity index (χ2v) is 5.25. The van der Waals surface area contributed by atoms with Crippen molar-refractivity contribution in [2.24, 2.45) is 0 Å². The fourth-order valence-electron chi connectivity index (χ4n) is 1.88. The maximum Gasteiger partial charge on any atom is 0.0173 e. The number of thioether (sulfide) groups is 1. The number of nitrogens with zero attached hydrogens (tertiary/aromatic N) is 1. The molecule has 0 N–H and O–H groups in total. The van der Waals surface area contributed by atoms with E-state index in [4.69, 9.17) is 0 Å². The van der Waals surface area contributed by atoms with E-state index in [-0.39, 0.29) is 0 Å². The Morgan fingerprint density at radius 3 is 2.62 bits per heavy atom. The largest absolute Gasteiger partial charge is 0.378 e. The number of allylic oxidation sites excluding steroid dienone is 1. The van der Waals surface area contributed by atoms with Crippen LogP contribution in [-0.2, 0) is 0 Å². The highest BCUT2D eigenvalue weighted by Gasteiger charge is 2.05. The Hall–Kier alpha value is -0.890. The summed E-state index contributed by atoms with van der Waals surface area (Å²) in [6, 6.07) is 10.6. The third-order valence-corrected chi connectivity index (χ3v) is 3.80. The van der Waals surface area contributed by atoms with E-state index in [9.17, 15) is 0 Å². The van der Waals surface area contributed by atoms with Crippen molar-refractivity contribution >= 4 is 11.8 Å². The van der Waals surface area contributed by atoms with Gasteiger partial charge in [-0.25, -0.2) is 0 Å². The summed E-state index contributed by atoms with van der Waals surface area (Å²) < 4.78 is 0. The van der Waals surface area contributed by atoms with Crippen molar-refractivity contribution in [3.8, 4) is 0 Å². The van der Waals surface area contributed by atoms with E-state index in [0.29, 0.717) is 0 Å². The molecule has 2 heteroatoms. The van der Waals surface area contributed by atoms with Crippen LogP contribution in [0.4, 0.5) is 0 Å². The van der Waals surface area contributed by atoms with Crippen molar-refractivity contribution in [3.63, 3.8) is 0 Å². The van der Waals surface area contributed by atoms with Gasteiger partial charge in [0.1, 0.15) is 0 Å². The molecule has 1 aliphatic heterocycles. The molecule has 1 fully saturated rings. The lowest BCUT2D eigenvalue weighted by Crippen LogP contribution is -2.10. The molecule has 0 aromatic heterocycles. The molecule has 0 atom stereocenters. The first-order valence-corrected chi connectivity index (χ1v) is 7.02. The Morgan fingerprint density at radius 1 is 1.12 bits per heavy atom. The van der Waals surface area contributed by atoms with E-state index < -0.39 is 0 Å². The highest BCUT2D eigenvalue weighted by atomic mass is 32.2. The zero-order valence-corrected chi connectivity index (χ0v) is 10.5. The number of rotatable bonds is 5. The highest BCUT2D eigenvalue weighted by molar-refractivity contribution is 7.99. The number of hydrogen-bond acceptors (Lipinski definition) is 2. The van der Waals surface area contributed by atoms with Gasteiger partial charge in [-0.1, -0.05) is 24.3 Å². The van der Waals surface area contributed by atoms with Gasteiger partial charge >= 0.3 is 0 Å². The average Bonchev–Trinajstić information content (AvgIpc) is 2.83. The van der Waals surface area contributed by atoms with Gasteiger partial charge in [0.2, 0.25) is 0 Å². The monoisotopic (exact) mass is 233 g/mol. The van der Waals surface area contributed by atoms with Gasteiger partial charge in [0.25, 0.3) is 0 Å². The third-order valence-electron chi connectivity index (χ3n) is 2.75. The summed E-state index contributed by atoms with van der Waals surface area (Å²) in [4.78, 5) is 3.80. The zero-order chi connectivity index (χ0) is 11.1. The van der Waals surface area contributed by atoms with Crippen LogP contribution >= 0.6 is 11.8 Å². The molecular weight excluding hydrogens is 214 g/mol. The Morgan fingerprint density at radius 2 is 1.88 bits per heavy atom. The van der Waals surface area contributed by atoms with Gasteiger partial charge in [0, 0.05) is 23.7 Å². The van der Waals surface area contributed by atoms with E-state index >= 15 is 0 Å². The van der Waals surface area contributed by atoms with Gasteiger partial charge in [-0.3, -0.25) is 0 Å². The van der Waals surface area contributed by atoms with E-state index in [1.54, 1.807) is 0 Å². The molecule has 1 aromatic carbocycles. The van der Waals surface area contributed by atoms with Crippen LogP contribution in [0.15, 0.2) is 47.5 Å². The zero-order valence-electron chi connectivity index (χ0n) is 9.64. The minimum atomic E-state index is 1.16. The molecule has 2 rings (SSSR count). The predicted octanol–water partition coefficient (Wildman–Crippen LogP) is 3.78. The Bertz CT molecular complexity index is 315. The highest BCUT2D eigenvalue weighted by Crippen LogP contribution is 2.18. The van der Waals surface area contributed by atoms with Crippen molar-refractivity contribution in [1.29, 1.82) is 0 Å². The van der Waals surface area contributed by atoms with Crippen LogP contribution in [0.25, 0.3) is 0 Å². The fraction of sp³-hybridized carbons (Fsp3) is 0.429. The molecule has 0 amide bonds. The van der Waals surface area contributed by atoms with E-state index in [0.717, 1.165) is 6.42 Å². The SMILES string of the molecule is C(=CN1CCCC1)CCSc1ccccc1. The second kappa shape index (κ2) is 6.64. The summed E-state index contributed by atoms with van der Waals surface area (Å²) in [6.45, 7) is 2.50. The van der Waals surface area contributed by atoms with Crippen LogP contribution in [0.3, 0.4) is 0 Å². The number of benzene rings is 1. The van der Waals surface area contributed by atoms with Crippen molar-refractivity contribution in [1.82, 2.24) is 4.90 Å². The van der Waals surface area contributed by atoms with E-state index in [2.05, 4.69) is 47.5 Å². The smallest absolute Gasteiger partial charge is 0.0173 e. The van der Waals surface area contributed by atoms with Gasteiger partial charge in [-0.05, 0) is 37.6 Å². The van der Waals surface area contributed by atoms with Crippen LogP contribution in [0.5, 0.6) is 0 Å². The lowest BCUT2D eigenvalue weighted by atomic mass is 10.4.